The first-order chi connectivity index (χ1) is 9.49. The van der Waals surface area contributed by atoms with Gasteiger partial charge >= 0.3 is 5.97 Å². The molecule has 0 atom stereocenters. The van der Waals surface area contributed by atoms with Crippen LogP contribution >= 0.6 is 0 Å². The Balaban J connectivity index is 2.45. The van der Waals surface area contributed by atoms with Crippen LogP contribution in [0.5, 0.6) is 0 Å². The van der Waals surface area contributed by atoms with Gasteiger partial charge in [-0.05, 0) is 24.3 Å². The number of aromatic carboxylic acids is 1. The van der Waals surface area contributed by atoms with Crippen LogP contribution in [0, 0.1) is 15.9 Å². The Morgan fingerprint density at radius 3 is 2.55 bits per heavy atom. The molecule has 0 spiro atoms. The third kappa shape index (κ3) is 2.72. The predicted octanol–water partition coefficient (Wildman–Crippen LogP) is 3.18. The highest BCUT2D eigenvalue weighted by Gasteiger charge is 2.16. The SMILES string of the molecule is O=C(O)c1cc(F)ccc1Nc1ccccc1[N+](=O)[O-]. The fourth-order valence-electron chi connectivity index (χ4n) is 1.69. The molecule has 102 valence electrons. The molecule has 6 nitrogen and oxygen atoms in total. The number of halogens is 1. The van der Waals surface area contributed by atoms with Gasteiger partial charge < -0.3 is 10.4 Å². The van der Waals surface area contributed by atoms with E-state index in [2.05, 4.69) is 5.32 Å². The lowest BCUT2D eigenvalue weighted by molar-refractivity contribution is -0.383. The van der Waals surface area contributed by atoms with Crippen molar-refractivity contribution in [2.45, 2.75) is 0 Å². The first-order valence-electron chi connectivity index (χ1n) is 5.52. The molecule has 0 aliphatic carbocycles. The van der Waals surface area contributed by atoms with Crippen molar-refractivity contribution in [1.82, 2.24) is 0 Å². The third-order valence-electron chi connectivity index (χ3n) is 2.58. The molecule has 0 amide bonds. The number of carboxylic acid groups (broad SMARTS) is 1. The average Bonchev–Trinajstić information content (AvgIpc) is 2.41. The molecule has 2 aromatic rings. The molecule has 0 aromatic heterocycles. The van der Waals surface area contributed by atoms with Crippen LogP contribution in [0.4, 0.5) is 21.5 Å². The van der Waals surface area contributed by atoms with Gasteiger partial charge in [-0.25, -0.2) is 9.18 Å². The second-order valence-electron chi connectivity index (χ2n) is 3.89. The van der Waals surface area contributed by atoms with E-state index in [1.807, 2.05) is 0 Å². The monoisotopic (exact) mass is 276 g/mol. The lowest BCUT2D eigenvalue weighted by Gasteiger charge is -2.09. The van der Waals surface area contributed by atoms with Crippen molar-refractivity contribution < 1.29 is 19.2 Å². The fourth-order valence-corrected chi connectivity index (χ4v) is 1.69. The highest BCUT2D eigenvalue weighted by molar-refractivity contribution is 5.95. The largest absolute Gasteiger partial charge is 0.478 e. The zero-order valence-corrected chi connectivity index (χ0v) is 10.0. The summed E-state index contributed by atoms with van der Waals surface area (Å²) in [6.07, 6.45) is 0. The second kappa shape index (κ2) is 5.35. The van der Waals surface area contributed by atoms with Crippen LogP contribution < -0.4 is 5.32 Å². The van der Waals surface area contributed by atoms with Gasteiger partial charge in [-0.2, -0.15) is 0 Å². The van der Waals surface area contributed by atoms with Gasteiger partial charge in [0.05, 0.1) is 16.2 Å². The highest BCUT2D eigenvalue weighted by Crippen LogP contribution is 2.29. The standard InChI is InChI=1S/C13H9FN2O4/c14-8-5-6-10(9(7-8)13(17)18)15-11-3-1-2-4-12(11)16(19)20/h1-7,15H,(H,17,18). The number of hydrogen-bond donors (Lipinski definition) is 2. The molecular weight excluding hydrogens is 267 g/mol. The number of carboxylic acids is 1. The van der Waals surface area contributed by atoms with E-state index in [1.165, 1.54) is 24.3 Å². The Hall–Kier alpha value is -2.96. The first kappa shape index (κ1) is 13.5. The van der Waals surface area contributed by atoms with Crippen molar-refractivity contribution >= 4 is 23.0 Å². The predicted molar refractivity (Wildman–Crippen MR) is 69.7 cm³/mol. The molecule has 0 saturated heterocycles. The molecular formula is C13H9FN2O4. The van der Waals surface area contributed by atoms with E-state index >= 15 is 0 Å². The number of benzene rings is 2. The summed E-state index contributed by atoms with van der Waals surface area (Å²) in [4.78, 5) is 21.3. The van der Waals surface area contributed by atoms with Crippen molar-refractivity contribution in [2.24, 2.45) is 0 Å². The van der Waals surface area contributed by atoms with Crippen LogP contribution in [0.25, 0.3) is 0 Å². The van der Waals surface area contributed by atoms with Gasteiger partial charge in [-0.3, -0.25) is 10.1 Å². The van der Waals surface area contributed by atoms with E-state index in [4.69, 9.17) is 5.11 Å². The summed E-state index contributed by atoms with van der Waals surface area (Å²) in [6.45, 7) is 0. The molecule has 2 aromatic carbocycles. The van der Waals surface area contributed by atoms with E-state index < -0.39 is 16.7 Å². The highest BCUT2D eigenvalue weighted by atomic mass is 19.1. The number of rotatable bonds is 4. The number of carbonyl (C=O) groups is 1. The van der Waals surface area contributed by atoms with Gasteiger partial charge in [0.15, 0.2) is 0 Å². The van der Waals surface area contributed by atoms with Crippen molar-refractivity contribution in [2.75, 3.05) is 5.32 Å². The molecule has 0 radical (unpaired) electrons. The maximum Gasteiger partial charge on any atom is 0.337 e. The first-order valence-corrected chi connectivity index (χ1v) is 5.52. The number of nitrogens with one attached hydrogen (secondary N) is 1. The third-order valence-corrected chi connectivity index (χ3v) is 2.58. The van der Waals surface area contributed by atoms with Gasteiger partial charge in [0, 0.05) is 6.07 Å². The summed E-state index contributed by atoms with van der Waals surface area (Å²) in [5, 5.41) is 22.5. The normalized spacial score (nSPS) is 10.1. The number of nitrogens with zero attached hydrogens (tertiary/aromatic N) is 1. The van der Waals surface area contributed by atoms with E-state index in [-0.39, 0.29) is 22.6 Å². The minimum atomic E-state index is -1.33. The summed E-state index contributed by atoms with van der Waals surface area (Å²) >= 11 is 0. The Bertz CT molecular complexity index is 688. The van der Waals surface area contributed by atoms with Gasteiger partial charge in [0.1, 0.15) is 11.5 Å². The molecule has 0 saturated carbocycles. The Morgan fingerprint density at radius 2 is 1.90 bits per heavy atom. The van der Waals surface area contributed by atoms with E-state index in [0.29, 0.717) is 0 Å². The minimum absolute atomic E-state index is 0.0770. The average molecular weight is 276 g/mol. The van der Waals surface area contributed by atoms with E-state index in [1.54, 1.807) is 6.07 Å². The summed E-state index contributed by atoms with van der Waals surface area (Å²) in [5.41, 5.74) is -0.295. The lowest BCUT2D eigenvalue weighted by Crippen LogP contribution is -2.04. The van der Waals surface area contributed by atoms with Crippen molar-refractivity contribution in [3.05, 3.63) is 64.0 Å². The molecule has 0 fully saturated rings. The van der Waals surface area contributed by atoms with Crippen LogP contribution in [0.2, 0.25) is 0 Å². The molecule has 0 bridgehead atoms. The fraction of sp³-hybridized carbons (Fsp3) is 0. The maximum absolute atomic E-state index is 13.1. The minimum Gasteiger partial charge on any atom is -0.478 e. The van der Waals surface area contributed by atoms with Crippen LogP contribution in [0.1, 0.15) is 10.4 Å². The van der Waals surface area contributed by atoms with Crippen LogP contribution in [0.3, 0.4) is 0 Å². The summed E-state index contributed by atoms with van der Waals surface area (Å²) in [7, 11) is 0. The number of nitro benzene ring substituents is 1. The van der Waals surface area contributed by atoms with Gasteiger partial charge in [-0.1, -0.05) is 12.1 Å². The van der Waals surface area contributed by atoms with Crippen LogP contribution in [-0.4, -0.2) is 16.0 Å². The lowest BCUT2D eigenvalue weighted by atomic mass is 10.1. The molecule has 20 heavy (non-hydrogen) atoms. The van der Waals surface area contributed by atoms with Gasteiger partial charge in [0.25, 0.3) is 5.69 Å². The number of para-hydroxylation sites is 2. The summed E-state index contributed by atoms with van der Waals surface area (Å²) in [5.74, 6) is -2.03. The molecule has 2 rings (SSSR count). The molecule has 0 aliphatic heterocycles. The zero-order valence-electron chi connectivity index (χ0n) is 10.0. The second-order valence-corrected chi connectivity index (χ2v) is 3.89. The summed E-state index contributed by atoms with van der Waals surface area (Å²) < 4.78 is 13.1. The number of anilines is 2. The van der Waals surface area contributed by atoms with Crippen LogP contribution in [-0.2, 0) is 0 Å². The smallest absolute Gasteiger partial charge is 0.337 e. The molecule has 0 heterocycles. The Kier molecular flexibility index (Phi) is 3.60. The van der Waals surface area contributed by atoms with Crippen molar-refractivity contribution in [1.29, 1.82) is 0 Å². The number of hydrogen-bond acceptors (Lipinski definition) is 4. The summed E-state index contributed by atoms with van der Waals surface area (Å²) in [6, 6.07) is 8.92. The van der Waals surface area contributed by atoms with E-state index in [9.17, 15) is 19.3 Å². The van der Waals surface area contributed by atoms with Crippen LogP contribution in [0.15, 0.2) is 42.5 Å². The van der Waals surface area contributed by atoms with Gasteiger partial charge in [-0.15, -0.1) is 0 Å². The molecule has 2 N–H and O–H groups in total. The Morgan fingerprint density at radius 1 is 1.20 bits per heavy atom. The topological polar surface area (TPSA) is 92.5 Å². The van der Waals surface area contributed by atoms with E-state index in [0.717, 1.165) is 12.1 Å². The molecule has 0 aliphatic rings. The zero-order chi connectivity index (χ0) is 14.7. The molecule has 0 unspecified atom stereocenters. The molecule has 7 heteroatoms. The quantitative estimate of drug-likeness (QED) is 0.660. The maximum atomic E-state index is 13.1. The van der Waals surface area contributed by atoms with Gasteiger partial charge in [0.2, 0.25) is 0 Å². The van der Waals surface area contributed by atoms with Crippen molar-refractivity contribution in [3.63, 3.8) is 0 Å². The number of nitro groups is 1. The Labute approximate surface area is 112 Å². The van der Waals surface area contributed by atoms with Crippen molar-refractivity contribution in [3.8, 4) is 0 Å².